The second-order valence-electron chi connectivity index (χ2n) is 7.79. The van der Waals surface area contributed by atoms with E-state index in [0.717, 1.165) is 5.56 Å². The molecule has 5 nitrogen and oxygen atoms in total. The van der Waals surface area contributed by atoms with E-state index in [9.17, 15) is 9.59 Å². The lowest BCUT2D eigenvalue weighted by Gasteiger charge is -2.35. The van der Waals surface area contributed by atoms with Crippen molar-refractivity contribution in [3.05, 3.63) is 33.8 Å². The summed E-state index contributed by atoms with van der Waals surface area (Å²) in [7, 11) is 0. The molecule has 0 atom stereocenters. The monoisotopic (exact) mass is 414 g/mol. The molecule has 150 valence electrons. The van der Waals surface area contributed by atoms with Crippen molar-refractivity contribution in [2.45, 2.75) is 52.7 Å². The summed E-state index contributed by atoms with van der Waals surface area (Å²) in [6, 6.07) is 5.35. The van der Waals surface area contributed by atoms with Crippen molar-refractivity contribution in [3.8, 4) is 0 Å². The molecule has 0 spiro atoms. The summed E-state index contributed by atoms with van der Waals surface area (Å²) in [5.41, 5.74) is 0.249. The first-order chi connectivity index (χ1) is 12.6. The minimum Gasteiger partial charge on any atom is -0.444 e. The Labute approximate surface area is 171 Å². The van der Waals surface area contributed by atoms with Crippen molar-refractivity contribution in [1.82, 2.24) is 9.80 Å². The van der Waals surface area contributed by atoms with E-state index in [4.69, 9.17) is 27.9 Å². The van der Waals surface area contributed by atoms with Crippen LogP contribution in [-0.2, 0) is 16.1 Å². The van der Waals surface area contributed by atoms with E-state index in [1.807, 2.05) is 27.7 Å². The first-order valence-electron chi connectivity index (χ1n) is 9.32. The van der Waals surface area contributed by atoms with Crippen molar-refractivity contribution >= 4 is 35.2 Å². The van der Waals surface area contributed by atoms with Gasteiger partial charge in [-0.1, -0.05) is 29.3 Å². The van der Waals surface area contributed by atoms with Gasteiger partial charge < -0.3 is 14.5 Å². The molecule has 0 unspecified atom stereocenters. The smallest absolute Gasteiger partial charge is 0.410 e. The molecule has 0 radical (unpaired) electrons. The molecule has 27 heavy (non-hydrogen) atoms. The van der Waals surface area contributed by atoms with Gasteiger partial charge in [-0.05, 0) is 52.7 Å². The maximum Gasteiger partial charge on any atom is 0.410 e. The molecule has 0 bridgehead atoms. The first-order valence-corrected chi connectivity index (χ1v) is 10.1. The summed E-state index contributed by atoms with van der Waals surface area (Å²) in [4.78, 5) is 28.6. The molecule has 1 aliphatic heterocycles. The van der Waals surface area contributed by atoms with Gasteiger partial charge in [-0.25, -0.2) is 4.79 Å². The van der Waals surface area contributed by atoms with E-state index < -0.39 is 5.60 Å². The topological polar surface area (TPSA) is 49.9 Å². The van der Waals surface area contributed by atoms with Crippen LogP contribution in [0.4, 0.5) is 4.79 Å². The third-order valence-electron chi connectivity index (χ3n) is 4.60. The SMILES string of the molecule is CCN(Cc1c(Cl)cccc1Cl)C(=O)C1CCN(C(=O)OC(C)(C)C)CC1. The molecule has 0 N–H and O–H groups in total. The molecule has 1 aromatic rings. The van der Waals surface area contributed by atoms with Gasteiger partial charge in [-0.3, -0.25) is 4.79 Å². The van der Waals surface area contributed by atoms with E-state index in [-0.39, 0.29) is 17.9 Å². The molecule has 0 aromatic heterocycles. The van der Waals surface area contributed by atoms with Crippen LogP contribution in [0.15, 0.2) is 18.2 Å². The summed E-state index contributed by atoms with van der Waals surface area (Å²) in [5, 5.41) is 1.13. The molecule has 7 heteroatoms. The molecule has 1 fully saturated rings. The third kappa shape index (κ3) is 6.01. The fourth-order valence-electron chi connectivity index (χ4n) is 3.11. The Balaban J connectivity index is 1.96. The molecule has 1 heterocycles. The Kier molecular flexibility index (Phi) is 7.40. The number of carbonyl (C=O) groups excluding carboxylic acids is 2. The van der Waals surface area contributed by atoms with Crippen molar-refractivity contribution in [3.63, 3.8) is 0 Å². The summed E-state index contributed by atoms with van der Waals surface area (Å²) >= 11 is 12.5. The number of nitrogens with zero attached hydrogens (tertiary/aromatic N) is 2. The maximum atomic E-state index is 13.0. The van der Waals surface area contributed by atoms with E-state index in [1.54, 1.807) is 28.0 Å². The normalized spacial score (nSPS) is 15.6. The first kappa shape index (κ1) is 21.8. The van der Waals surface area contributed by atoms with Gasteiger partial charge in [0, 0.05) is 47.7 Å². The van der Waals surface area contributed by atoms with Crippen LogP contribution < -0.4 is 0 Å². The minimum atomic E-state index is -0.517. The lowest BCUT2D eigenvalue weighted by atomic mass is 9.95. The lowest BCUT2D eigenvalue weighted by molar-refractivity contribution is -0.137. The number of benzene rings is 1. The van der Waals surface area contributed by atoms with E-state index in [1.165, 1.54) is 0 Å². The van der Waals surface area contributed by atoms with Crippen LogP contribution in [0.1, 0.15) is 46.1 Å². The number of piperidine rings is 1. The lowest BCUT2D eigenvalue weighted by Crippen LogP contribution is -2.45. The average molecular weight is 415 g/mol. The van der Waals surface area contributed by atoms with Crippen molar-refractivity contribution in [1.29, 1.82) is 0 Å². The number of carbonyl (C=O) groups is 2. The van der Waals surface area contributed by atoms with Crippen LogP contribution in [0.2, 0.25) is 10.0 Å². The maximum absolute atomic E-state index is 13.0. The highest BCUT2D eigenvalue weighted by Gasteiger charge is 2.32. The Morgan fingerprint density at radius 2 is 1.74 bits per heavy atom. The Hall–Kier alpha value is -1.46. The van der Waals surface area contributed by atoms with E-state index in [2.05, 4.69) is 0 Å². The average Bonchev–Trinajstić information content (AvgIpc) is 2.60. The van der Waals surface area contributed by atoms with Gasteiger partial charge in [0.2, 0.25) is 5.91 Å². The quantitative estimate of drug-likeness (QED) is 0.696. The van der Waals surface area contributed by atoms with Gasteiger partial charge in [-0.2, -0.15) is 0 Å². The van der Waals surface area contributed by atoms with Crippen LogP contribution in [0.5, 0.6) is 0 Å². The van der Waals surface area contributed by atoms with Crippen molar-refractivity contribution < 1.29 is 14.3 Å². The zero-order chi connectivity index (χ0) is 20.2. The van der Waals surface area contributed by atoms with Gasteiger partial charge in [0.25, 0.3) is 0 Å². The Morgan fingerprint density at radius 3 is 2.22 bits per heavy atom. The molecule has 1 aliphatic rings. The molecular weight excluding hydrogens is 387 g/mol. The summed E-state index contributed by atoms with van der Waals surface area (Å²) < 4.78 is 5.41. The van der Waals surface area contributed by atoms with Crippen molar-refractivity contribution in [2.75, 3.05) is 19.6 Å². The number of hydrogen-bond acceptors (Lipinski definition) is 3. The predicted octanol–water partition coefficient (Wildman–Crippen LogP) is 4.99. The Bertz CT molecular complexity index is 660. The highest BCUT2D eigenvalue weighted by Crippen LogP contribution is 2.28. The van der Waals surface area contributed by atoms with Crippen LogP contribution in [0.25, 0.3) is 0 Å². The number of rotatable bonds is 4. The van der Waals surface area contributed by atoms with Gasteiger partial charge in [0.05, 0.1) is 0 Å². The summed E-state index contributed by atoms with van der Waals surface area (Å²) in [6.45, 7) is 9.50. The molecule has 0 saturated carbocycles. The highest BCUT2D eigenvalue weighted by molar-refractivity contribution is 6.36. The fraction of sp³-hybridized carbons (Fsp3) is 0.600. The number of amides is 2. The number of halogens is 2. The van der Waals surface area contributed by atoms with Crippen LogP contribution >= 0.6 is 23.2 Å². The Morgan fingerprint density at radius 1 is 1.19 bits per heavy atom. The van der Waals surface area contributed by atoms with Crippen LogP contribution in [-0.4, -0.2) is 47.0 Å². The summed E-state index contributed by atoms with van der Waals surface area (Å²) in [5.74, 6) is -0.0257. The highest BCUT2D eigenvalue weighted by atomic mass is 35.5. The molecular formula is C20H28Cl2N2O3. The van der Waals surface area contributed by atoms with E-state index in [0.29, 0.717) is 49.1 Å². The zero-order valence-corrected chi connectivity index (χ0v) is 17.9. The standard InChI is InChI=1S/C20H28Cl2N2O3/c1-5-23(13-15-16(21)7-6-8-17(15)22)18(25)14-9-11-24(12-10-14)19(26)27-20(2,3)4/h6-8,14H,5,9-13H2,1-4H3. The van der Waals surface area contributed by atoms with Crippen LogP contribution in [0.3, 0.4) is 0 Å². The van der Waals surface area contributed by atoms with Gasteiger partial charge in [0.1, 0.15) is 5.60 Å². The zero-order valence-electron chi connectivity index (χ0n) is 16.4. The molecule has 1 saturated heterocycles. The minimum absolute atomic E-state index is 0.0809. The predicted molar refractivity (Wildman–Crippen MR) is 108 cm³/mol. The second kappa shape index (κ2) is 9.16. The number of likely N-dealkylation sites (tertiary alicyclic amines) is 1. The van der Waals surface area contributed by atoms with E-state index >= 15 is 0 Å². The fourth-order valence-corrected chi connectivity index (χ4v) is 3.63. The van der Waals surface area contributed by atoms with Gasteiger partial charge >= 0.3 is 6.09 Å². The third-order valence-corrected chi connectivity index (χ3v) is 5.31. The largest absolute Gasteiger partial charge is 0.444 e. The van der Waals surface area contributed by atoms with Crippen molar-refractivity contribution in [2.24, 2.45) is 5.92 Å². The number of ether oxygens (including phenoxy) is 1. The van der Waals surface area contributed by atoms with Gasteiger partial charge in [0.15, 0.2) is 0 Å². The van der Waals surface area contributed by atoms with Gasteiger partial charge in [-0.15, -0.1) is 0 Å². The molecule has 2 amide bonds. The molecule has 0 aliphatic carbocycles. The van der Waals surface area contributed by atoms with Crippen LogP contribution in [0, 0.1) is 5.92 Å². The summed E-state index contributed by atoms with van der Waals surface area (Å²) in [6.07, 6.45) is 0.943. The molecule has 1 aromatic carbocycles. The second-order valence-corrected chi connectivity index (χ2v) is 8.61. The molecule has 2 rings (SSSR count). The number of hydrogen-bond donors (Lipinski definition) is 0.